The Hall–Kier alpha value is -2.35. The molecule has 3 heterocycles. The number of rotatable bonds is 3. The van der Waals surface area contributed by atoms with Crippen LogP contribution in [0.5, 0.6) is 0 Å². The minimum Gasteiger partial charge on any atom is -0.444 e. The molecular formula is C18H20BrN3O4. The summed E-state index contributed by atoms with van der Waals surface area (Å²) in [6.07, 6.45) is 3.44. The van der Waals surface area contributed by atoms with Crippen molar-refractivity contribution < 1.29 is 14.0 Å². The van der Waals surface area contributed by atoms with Gasteiger partial charge in [0.1, 0.15) is 5.69 Å². The number of carbonyl (C=O) groups excluding carboxylic acids is 2. The molecule has 3 rings (SSSR count). The highest BCUT2D eigenvalue weighted by molar-refractivity contribution is 9.10. The molecule has 1 aliphatic heterocycles. The van der Waals surface area contributed by atoms with E-state index in [4.69, 9.17) is 4.42 Å². The first-order valence-electron chi connectivity index (χ1n) is 8.42. The minimum atomic E-state index is -0.552. The smallest absolute Gasteiger partial charge is 0.291 e. The topological polar surface area (TPSA) is 84.6 Å². The van der Waals surface area contributed by atoms with E-state index in [0.29, 0.717) is 29.2 Å². The van der Waals surface area contributed by atoms with Gasteiger partial charge in [-0.2, -0.15) is 0 Å². The van der Waals surface area contributed by atoms with Crippen LogP contribution in [0.4, 0.5) is 5.69 Å². The van der Waals surface area contributed by atoms with Crippen LogP contribution in [0.2, 0.25) is 0 Å². The predicted molar refractivity (Wildman–Crippen MR) is 100 cm³/mol. The molecule has 8 heteroatoms. The molecule has 1 N–H and O–H groups in total. The molecule has 0 radical (unpaired) electrons. The number of anilines is 1. The van der Waals surface area contributed by atoms with Gasteiger partial charge in [-0.1, -0.05) is 6.92 Å². The SMILES string of the molecule is CC1CCN(C(=O)c2cc(NC(=O)c3ccc(Br)o3)c(=O)n(C)c2)CC1. The van der Waals surface area contributed by atoms with Crippen molar-refractivity contribution in [2.75, 3.05) is 18.4 Å². The van der Waals surface area contributed by atoms with Gasteiger partial charge in [0.2, 0.25) is 0 Å². The van der Waals surface area contributed by atoms with Crippen LogP contribution in [0.3, 0.4) is 0 Å². The molecule has 0 spiro atoms. The van der Waals surface area contributed by atoms with Crippen molar-refractivity contribution in [1.29, 1.82) is 0 Å². The van der Waals surface area contributed by atoms with Gasteiger partial charge in [0, 0.05) is 26.3 Å². The maximum Gasteiger partial charge on any atom is 0.291 e. The summed E-state index contributed by atoms with van der Waals surface area (Å²) in [5.74, 6) is -0.00439. The van der Waals surface area contributed by atoms with E-state index in [-0.39, 0.29) is 17.4 Å². The summed E-state index contributed by atoms with van der Waals surface area (Å²) < 4.78 is 6.91. The lowest BCUT2D eigenvalue weighted by Crippen LogP contribution is -2.38. The summed E-state index contributed by atoms with van der Waals surface area (Å²) in [7, 11) is 1.55. The maximum atomic E-state index is 12.8. The van der Waals surface area contributed by atoms with Gasteiger partial charge in [-0.25, -0.2) is 0 Å². The number of amides is 2. The zero-order valence-electron chi connectivity index (χ0n) is 14.6. The number of pyridine rings is 1. The lowest BCUT2D eigenvalue weighted by molar-refractivity contribution is 0.0696. The van der Waals surface area contributed by atoms with Crippen LogP contribution < -0.4 is 10.9 Å². The fourth-order valence-electron chi connectivity index (χ4n) is 2.93. The quantitative estimate of drug-likeness (QED) is 0.825. The first kappa shape index (κ1) is 18.4. The van der Waals surface area contributed by atoms with E-state index >= 15 is 0 Å². The zero-order chi connectivity index (χ0) is 18.8. The van der Waals surface area contributed by atoms with Gasteiger partial charge in [-0.05, 0) is 52.9 Å². The number of aryl methyl sites for hydroxylation is 1. The lowest BCUT2D eigenvalue weighted by Gasteiger charge is -2.30. The molecule has 7 nitrogen and oxygen atoms in total. The normalized spacial score (nSPS) is 15.1. The number of carbonyl (C=O) groups is 2. The Labute approximate surface area is 159 Å². The number of furan rings is 1. The van der Waals surface area contributed by atoms with E-state index in [2.05, 4.69) is 28.2 Å². The molecule has 2 aromatic rings. The molecule has 138 valence electrons. The maximum absolute atomic E-state index is 12.8. The van der Waals surface area contributed by atoms with Crippen molar-refractivity contribution in [3.8, 4) is 0 Å². The second-order valence-electron chi connectivity index (χ2n) is 6.59. The summed E-state index contributed by atoms with van der Waals surface area (Å²) >= 11 is 3.13. The third-order valence-corrected chi connectivity index (χ3v) is 4.97. The number of aromatic nitrogens is 1. The molecule has 1 saturated heterocycles. The Bertz CT molecular complexity index is 894. The first-order chi connectivity index (χ1) is 12.3. The first-order valence-corrected chi connectivity index (χ1v) is 9.21. The largest absolute Gasteiger partial charge is 0.444 e. The summed E-state index contributed by atoms with van der Waals surface area (Å²) in [6.45, 7) is 3.57. The number of hydrogen-bond donors (Lipinski definition) is 1. The van der Waals surface area contributed by atoms with Gasteiger partial charge in [0.05, 0.1) is 5.56 Å². The summed E-state index contributed by atoms with van der Waals surface area (Å²) in [5, 5.41) is 2.53. The van der Waals surface area contributed by atoms with Crippen LogP contribution in [0.25, 0.3) is 0 Å². The summed E-state index contributed by atoms with van der Waals surface area (Å²) in [4.78, 5) is 39.1. The standard InChI is InChI=1S/C18H20BrN3O4/c1-11-5-7-22(8-6-11)17(24)12-9-13(18(25)21(2)10-12)20-16(23)14-3-4-15(19)26-14/h3-4,9-11H,5-8H2,1-2H3,(H,20,23). The van der Waals surface area contributed by atoms with Gasteiger partial charge in [0.15, 0.2) is 10.4 Å². The monoisotopic (exact) mass is 421 g/mol. The van der Waals surface area contributed by atoms with E-state index in [1.807, 2.05) is 0 Å². The number of likely N-dealkylation sites (tertiary alicyclic amines) is 1. The number of nitrogens with zero attached hydrogens (tertiary/aromatic N) is 2. The Kier molecular flexibility index (Phi) is 5.31. The van der Waals surface area contributed by atoms with E-state index in [9.17, 15) is 14.4 Å². The fraction of sp³-hybridized carbons (Fsp3) is 0.389. The van der Waals surface area contributed by atoms with Gasteiger partial charge in [0.25, 0.3) is 17.4 Å². The van der Waals surface area contributed by atoms with E-state index in [1.54, 1.807) is 18.0 Å². The predicted octanol–water partition coefficient (Wildman–Crippen LogP) is 2.87. The Morgan fingerprint density at radius 2 is 1.96 bits per heavy atom. The van der Waals surface area contributed by atoms with E-state index in [1.165, 1.54) is 22.9 Å². The minimum absolute atomic E-state index is 0.0428. The van der Waals surface area contributed by atoms with Crippen molar-refractivity contribution in [2.45, 2.75) is 19.8 Å². The van der Waals surface area contributed by atoms with E-state index in [0.717, 1.165) is 12.8 Å². The molecule has 1 fully saturated rings. The molecule has 0 aromatic carbocycles. The fourth-order valence-corrected chi connectivity index (χ4v) is 3.24. The van der Waals surface area contributed by atoms with Crippen LogP contribution in [-0.4, -0.2) is 34.4 Å². The van der Waals surface area contributed by atoms with Gasteiger partial charge >= 0.3 is 0 Å². The molecule has 0 aliphatic carbocycles. The van der Waals surface area contributed by atoms with Crippen LogP contribution in [0.15, 0.2) is 38.3 Å². The molecule has 1 aliphatic rings. The van der Waals surface area contributed by atoms with Crippen molar-refractivity contribution in [2.24, 2.45) is 13.0 Å². The van der Waals surface area contributed by atoms with Crippen LogP contribution >= 0.6 is 15.9 Å². The lowest BCUT2D eigenvalue weighted by atomic mass is 9.99. The Morgan fingerprint density at radius 1 is 1.27 bits per heavy atom. The zero-order valence-corrected chi connectivity index (χ0v) is 16.2. The van der Waals surface area contributed by atoms with Crippen LogP contribution in [0.1, 0.15) is 40.7 Å². The Balaban J connectivity index is 1.84. The van der Waals surface area contributed by atoms with Gasteiger partial charge < -0.3 is 19.2 Å². The number of nitrogens with one attached hydrogen (secondary N) is 1. The molecule has 26 heavy (non-hydrogen) atoms. The third-order valence-electron chi connectivity index (χ3n) is 4.55. The van der Waals surface area contributed by atoms with Crippen molar-refractivity contribution >= 4 is 33.4 Å². The highest BCUT2D eigenvalue weighted by Gasteiger charge is 2.23. The number of piperidine rings is 1. The molecule has 0 bridgehead atoms. The summed E-state index contributed by atoms with van der Waals surface area (Å²) in [5.41, 5.74) is 0.0200. The molecule has 2 amide bonds. The third kappa shape index (κ3) is 3.90. The van der Waals surface area contributed by atoms with Crippen molar-refractivity contribution in [3.63, 3.8) is 0 Å². The molecular weight excluding hydrogens is 402 g/mol. The summed E-state index contributed by atoms with van der Waals surface area (Å²) in [6, 6.07) is 4.51. The molecule has 0 saturated carbocycles. The highest BCUT2D eigenvalue weighted by atomic mass is 79.9. The molecule has 0 unspecified atom stereocenters. The number of hydrogen-bond acceptors (Lipinski definition) is 4. The highest BCUT2D eigenvalue weighted by Crippen LogP contribution is 2.19. The van der Waals surface area contributed by atoms with Crippen LogP contribution in [0, 0.1) is 5.92 Å². The second kappa shape index (κ2) is 7.49. The van der Waals surface area contributed by atoms with Gasteiger partial charge in [-0.3, -0.25) is 14.4 Å². The van der Waals surface area contributed by atoms with Crippen molar-refractivity contribution in [3.05, 3.63) is 50.7 Å². The Morgan fingerprint density at radius 3 is 2.58 bits per heavy atom. The van der Waals surface area contributed by atoms with Gasteiger partial charge in [-0.15, -0.1) is 0 Å². The average Bonchev–Trinajstić information content (AvgIpc) is 3.05. The average molecular weight is 422 g/mol. The van der Waals surface area contributed by atoms with Crippen molar-refractivity contribution in [1.82, 2.24) is 9.47 Å². The second-order valence-corrected chi connectivity index (χ2v) is 7.37. The van der Waals surface area contributed by atoms with Crippen LogP contribution in [-0.2, 0) is 7.05 Å². The molecule has 2 aromatic heterocycles. The molecule has 0 atom stereocenters. The number of halogens is 1. The van der Waals surface area contributed by atoms with E-state index < -0.39 is 11.5 Å².